The third-order valence-corrected chi connectivity index (χ3v) is 0.891. The molecule has 58 valence electrons. The topological polar surface area (TPSA) is 66.7 Å². The van der Waals surface area contributed by atoms with Gasteiger partial charge in [0.25, 0.3) is 6.47 Å². The van der Waals surface area contributed by atoms with Crippen LogP contribution in [0.15, 0.2) is 22.8 Å². The Morgan fingerprint density at radius 1 is 1.73 bits per heavy atom. The first-order valence-corrected chi connectivity index (χ1v) is 2.85. The van der Waals surface area contributed by atoms with E-state index in [1.807, 2.05) is 6.08 Å². The number of carboxylic acid groups (broad SMARTS) is 1. The molecule has 1 aliphatic heterocycles. The minimum atomic E-state index is -0.250. The summed E-state index contributed by atoms with van der Waals surface area (Å²) in [4.78, 5) is 22.0. The number of carbonyl (C=O) groups excluding carboxylic acids is 1. The van der Waals surface area contributed by atoms with Gasteiger partial charge in [-0.25, -0.2) is 4.79 Å². The van der Waals surface area contributed by atoms with Gasteiger partial charge in [-0.15, -0.1) is 0 Å². The van der Waals surface area contributed by atoms with E-state index < -0.39 is 0 Å². The Hall–Kier alpha value is -1.67. The molecule has 1 aliphatic rings. The van der Waals surface area contributed by atoms with Crippen LogP contribution >= 0.6 is 0 Å². The van der Waals surface area contributed by atoms with Crippen molar-refractivity contribution in [1.29, 1.82) is 0 Å². The Bertz CT molecular complexity index is 224. The Morgan fingerprint density at radius 2 is 2.36 bits per heavy atom. The maximum Gasteiger partial charge on any atom is 0.290 e. The summed E-state index contributed by atoms with van der Waals surface area (Å²) < 4.78 is 0. The molecule has 11 heavy (non-hydrogen) atoms. The average Bonchev–Trinajstić information content (AvgIpc) is 2.08. The van der Waals surface area contributed by atoms with Gasteiger partial charge in [0.05, 0.1) is 5.57 Å². The zero-order valence-electron chi connectivity index (χ0n) is 5.73. The summed E-state index contributed by atoms with van der Waals surface area (Å²) in [5, 5.41) is 6.89. The van der Waals surface area contributed by atoms with Gasteiger partial charge in [0.2, 0.25) is 0 Å². The van der Waals surface area contributed by atoms with E-state index in [1.165, 1.54) is 6.21 Å². The van der Waals surface area contributed by atoms with Crippen LogP contribution in [0.4, 0.5) is 0 Å². The largest absolute Gasteiger partial charge is 0.483 e. The van der Waals surface area contributed by atoms with Gasteiger partial charge in [0, 0.05) is 18.8 Å². The van der Waals surface area contributed by atoms with E-state index in [2.05, 4.69) is 4.99 Å². The fourth-order valence-corrected chi connectivity index (χ4v) is 0.494. The number of carbonyl (C=O) groups is 1. The lowest BCUT2D eigenvalue weighted by Crippen LogP contribution is -1.86. The van der Waals surface area contributed by atoms with Gasteiger partial charge in [-0.05, 0) is 0 Å². The van der Waals surface area contributed by atoms with E-state index in [4.69, 9.17) is 9.90 Å². The number of rotatable bonds is 0. The van der Waals surface area contributed by atoms with E-state index in [0.717, 1.165) is 0 Å². The van der Waals surface area contributed by atoms with E-state index in [-0.39, 0.29) is 6.47 Å². The molecule has 0 aromatic rings. The quantitative estimate of drug-likeness (QED) is 0.405. The summed E-state index contributed by atoms with van der Waals surface area (Å²) in [5.41, 5.74) is 0.618. The molecule has 0 unspecified atom stereocenters. The van der Waals surface area contributed by atoms with Crippen LogP contribution in [0, 0.1) is 0 Å². The highest BCUT2D eigenvalue weighted by Gasteiger charge is 1.91. The predicted octanol–water partition coefficient (Wildman–Crippen LogP) is 0.433. The van der Waals surface area contributed by atoms with Gasteiger partial charge in [0.1, 0.15) is 5.94 Å². The van der Waals surface area contributed by atoms with Crippen LogP contribution in [-0.2, 0) is 9.59 Å². The number of allylic oxidation sites excluding steroid dienone is 2. The summed E-state index contributed by atoms with van der Waals surface area (Å²) >= 11 is 0. The van der Waals surface area contributed by atoms with Gasteiger partial charge in [-0.1, -0.05) is 6.08 Å². The molecule has 1 N–H and O–H groups in total. The lowest BCUT2D eigenvalue weighted by atomic mass is 10.2. The molecule has 0 spiro atoms. The molecule has 0 fully saturated rings. The van der Waals surface area contributed by atoms with Gasteiger partial charge < -0.3 is 5.11 Å². The molecule has 0 saturated carbocycles. The van der Waals surface area contributed by atoms with Crippen LogP contribution in [0.5, 0.6) is 0 Å². The molecule has 0 atom stereocenters. The molecule has 0 amide bonds. The van der Waals surface area contributed by atoms with Crippen molar-refractivity contribution in [2.24, 2.45) is 4.99 Å². The molecule has 4 nitrogen and oxygen atoms in total. The Balaban J connectivity index is 0.000000292. The summed E-state index contributed by atoms with van der Waals surface area (Å²) in [7, 11) is 0. The minimum absolute atomic E-state index is 0.250. The van der Waals surface area contributed by atoms with Crippen molar-refractivity contribution < 1.29 is 14.7 Å². The first kappa shape index (κ1) is 9.33. The van der Waals surface area contributed by atoms with Crippen molar-refractivity contribution in [1.82, 2.24) is 0 Å². The molecular weight excluding hydrogens is 146 g/mol. The number of nitrogens with zero attached hydrogens (tertiary/aromatic N) is 1. The highest BCUT2D eigenvalue weighted by Crippen LogP contribution is 1.99. The smallest absolute Gasteiger partial charge is 0.290 e. The van der Waals surface area contributed by atoms with Crippen LogP contribution in [0.3, 0.4) is 0 Å². The van der Waals surface area contributed by atoms with Crippen LogP contribution < -0.4 is 0 Å². The van der Waals surface area contributed by atoms with Crippen molar-refractivity contribution in [3.8, 4) is 0 Å². The van der Waals surface area contributed by atoms with Crippen LogP contribution in [0.2, 0.25) is 0 Å². The summed E-state index contributed by atoms with van der Waals surface area (Å²) in [6.07, 6.45) is 5.68. The highest BCUT2D eigenvalue weighted by atomic mass is 16.3. The third kappa shape index (κ3) is 4.81. The minimum Gasteiger partial charge on any atom is -0.483 e. The Labute approximate surface area is 63.6 Å². The monoisotopic (exact) mass is 153 g/mol. The van der Waals surface area contributed by atoms with Crippen LogP contribution in [0.25, 0.3) is 0 Å². The Kier molecular flexibility index (Phi) is 5.47. The molecule has 0 aromatic heterocycles. The summed E-state index contributed by atoms with van der Waals surface area (Å²) in [6, 6.07) is 0. The van der Waals surface area contributed by atoms with Gasteiger partial charge >= 0.3 is 0 Å². The van der Waals surface area contributed by atoms with Crippen molar-refractivity contribution in [3.05, 3.63) is 17.8 Å². The second-order valence-electron chi connectivity index (χ2n) is 1.60. The van der Waals surface area contributed by atoms with Gasteiger partial charge in [-0.3, -0.25) is 9.79 Å². The number of hydrogen-bond acceptors (Lipinski definition) is 3. The van der Waals surface area contributed by atoms with Crippen molar-refractivity contribution in [2.45, 2.75) is 6.42 Å². The van der Waals surface area contributed by atoms with E-state index in [9.17, 15) is 4.79 Å². The van der Waals surface area contributed by atoms with E-state index in [1.54, 1.807) is 12.1 Å². The zero-order chi connectivity index (χ0) is 8.53. The molecule has 4 heteroatoms. The molecule has 1 heterocycles. The lowest BCUT2D eigenvalue weighted by molar-refractivity contribution is -0.122. The maximum absolute atomic E-state index is 9.87. The van der Waals surface area contributed by atoms with Crippen molar-refractivity contribution in [3.63, 3.8) is 0 Å². The molecule has 0 bridgehead atoms. The predicted molar refractivity (Wildman–Crippen MR) is 40.1 cm³/mol. The Morgan fingerprint density at radius 3 is 2.64 bits per heavy atom. The van der Waals surface area contributed by atoms with Crippen LogP contribution in [-0.4, -0.2) is 23.7 Å². The van der Waals surface area contributed by atoms with Gasteiger partial charge in [-0.2, -0.15) is 0 Å². The third-order valence-electron chi connectivity index (χ3n) is 0.891. The van der Waals surface area contributed by atoms with Crippen molar-refractivity contribution in [2.75, 3.05) is 0 Å². The summed E-state index contributed by atoms with van der Waals surface area (Å²) in [6.45, 7) is -0.250. The molecule has 1 rings (SSSR count). The molecule has 0 aromatic carbocycles. The van der Waals surface area contributed by atoms with E-state index in [0.29, 0.717) is 12.0 Å². The molecular formula is C7H7NO3. The second kappa shape index (κ2) is 6.45. The number of hydrogen-bond donors (Lipinski definition) is 1. The molecule has 0 saturated heterocycles. The van der Waals surface area contributed by atoms with Gasteiger partial charge in [0.15, 0.2) is 0 Å². The van der Waals surface area contributed by atoms with E-state index >= 15 is 0 Å². The fraction of sp³-hybridized carbons (Fsp3) is 0.143. The zero-order valence-corrected chi connectivity index (χ0v) is 5.73. The average molecular weight is 153 g/mol. The summed E-state index contributed by atoms with van der Waals surface area (Å²) in [5.74, 6) is 1.77. The first-order valence-electron chi connectivity index (χ1n) is 2.85. The molecule has 0 radical (unpaired) electrons. The second-order valence-corrected chi connectivity index (χ2v) is 1.60. The van der Waals surface area contributed by atoms with Crippen LogP contribution in [0.1, 0.15) is 6.42 Å². The normalized spacial score (nSPS) is 12.9. The van der Waals surface area contributed by atoms with Crippen molar-refractivity contribution >= 4 is 18.6 Å². The fourth-order valence-electron chi connectivity index (χ4n) is 0.494. The lowest BCUT2D eigenvalue weighted by Gasteiger charge is -1.91. The standard InChI is InChI=1S/C6H5NO.CH2O2/c8-5-6-2-1-3-7-4-6;2-1-3/h1,3-4H,2H2;1H,(H,2,3). The first-order chi connectivity index (χ1) is 5.35. The number of aliphatic imine (C=N–C) groups is 1. The SMILES string of the molecule is O=C=C1C=NC=CC1.O=CO. The molecule has 0 aliphatic carbocycles. The highest BCUT2D eigenvalue weighted by molar-refractivity contribution is 5.90. The maximum atomic E-state index is 9.87.